The Morgan fingerprint density at radius 3 is 1.48 bits per heavy atom. The van der Waals surface area contributed by atoms with Gasteiger partial charge in [0.2, 0.25) is 0 Å². The summed E-state index contributed by atoms with van der Waals surface area (Å²) in [5.41, 5.74) is 20.2. The normalized spacial score (nSPS) is 14.2. The lowest BCUT2D eigenvalue weighted by Crippen LogP contribution is -2.32. The first-order valence-corrected chi connectivity index (χ1v) is 20.9. The van der Waals surface area contributed by atoms with Gasteiger partial charge in [-0.05, 0) is 98.1 Å². The van der Waals surface area contributed by atoms with Crippen LogP contribution < -0.4 is 9.64 Å². The van der Waals surface area contributed by atoms with E-state index in [-0.39, 0.29) is 5.41 Å². The lowest BCUT2D eigenvalue weighted by molar-refractivity contribution is 0.436. The molecule has 60 heavy (non-hydrogen) atoms. The topological polar surface area (TPSA) is 12.5 Å². The van der Waals surface area contributed by atoms with Crippen LogP contribution in [0, 0.1) is 0 Å². The predicted molar refractivity (Wildman–Crippen MR) is 247 cm³/mol. The van der Waals surface area contributed by atoms with Gasteiger partial charge in [-0.15, -0.1) is 0 Å². The number of fused-ring (bicyclic) bond motifs is 12. The molecule has 9 aromatic carbocycles. The third-order valence-corrected chi connectivity index (χ3v) is 13.4. The zero-order valence-electron chi connectivity index (χ0n) is 33.6. The monoisotopic (exact) mass is 767 g/mol. The van der Waals surface area contributed by atoms with Crippen molar-refractivity contribution in [3.05, 3.63) is 246 Å². The van der Waals surface area contributed by atoms with E-state index < -0.39 is 5.41 Å². The molecular formula is C58H41NO. The fraction of sp³-hybridized carbons (Fsp3) is 0.0690. The second-order valence-electron chi connectivity index (χ2n) is 16.8. The molecule has 2 heteroatoms. The number of benzene rings is 9. The van der Waals surface area contributed by atoms with Crippen LogP contribution in [0.4, 0.5) is 17.1 Å². The molecule has 9 aromatic rings. The predicted octanol–water partition coefficient (Wildman–Crippen LogP) is 15.3. The Bertz CT molecular complexity index is 3130. The maximum absolute atomic E-state index is 6.61. The molecule has 0 amide bonds. The van der Waals surface area contributed by atoms with E-state index in [1.54, 1.807) is 0 Å². The standard InChI is InChI=1S/C58H41NO/c1-57(2)47-24-10-6-22-43(47)45-34-33-40(37-52(45)57)59(53-28-14-8-20-41(53)38-18-4-3-5-19-38)54-29-15-9-21-42(54)39-32-35-49-46(36-39)44-23-7-11-25-48(44)58(49)50-26-12-16-30-55(50)60-56-31-17-13-27-51(56)58/h3-37H,1-2H3. The van der Waals surface area contributed by atoms with Crippen LogP contribution in [0.1, 0.15) is 47.2 Å². The van der Waals surface area contributed by atoms with Crippen LogP contribution in [0.5, 0.6) is 11.5 Å². The highest BCUT2D eigenvalue weighted by Crippen LogP contribution is 2.62. The van der Waals surface area contributed by atoms with Crippen LogP contribution in [-0.4, -0.2) is 0 Å². The third kappa shape index (κ3) is 4.82. The minimum absolute atomic E-state index is 0.142. The smallest absolute Gasteiger partial charge is 0.132 e. The highest BCUT2D eigenvalue weighted by Gasteiger charge is 2.51. The average molecular weight is 768 g/mol. The second-order valence-corrected chi connectivity index (χ2v) is 16.8. The largest absolute Gasteiger partial charge is 0.457 e. The second kappa shape index (κ2) is 13.0. The van der Waals surface area contributed by atoms with Gasteiger partial charge in [-0.25, -0.2) is 0 Å². The minimum Gasteiger partial charge on any atom is -0.457 e. The van der Waals surface area contributed by atoms with Gasteiger partial charge in [0, 0.05) is 33.4 Å². The average Bonchev–Trinajstić information content (AvgIpc) is 3.72. The van der Waals surface area contributed by atoms with Crippen molar-refractivity contribution in [3.63, 3.8) is 0 Å². The molecule has 284 valence electrons. The molecule has 1 heterocycles. The van der Waals surface area contributed by atoms with Crippen molar-refractivity contribution in [2.45, 2.75) is 24.7 Å². The molecule has 0 aromatic heterocycles. The Labute approximate surface area is 351 Å². The number of ether oxygens (including phenoxy) is 1. The summed E-state index contributed by atoms with van der Waals surface area (Å²) >= 11 is 0. The number of rotatable bonds is 5. The van der Waals surface area contributed by atoms with Crippen LogP contribution in [0.3, 0.4) is 0 Å². The molecule has 1 spiro atoms. The van der Waals surface area contributed by atoms with Crippen molar-refractivity contribution >= 4 is 17.1 Å². The van der Waals surface area contributed by atoms with Gasteiger partial charge in [0.1, 0.15) is 11.5 Å². The summed E-state index contributed by atoms with van der Waals surface area (Å²) < 4.78 is 6.61. The lowest BCUT2D eigenvalue weighted by atomic mass is 9.66. The van der Waals surface area contributed by atoms with Crippen LogP contribution in [-0.2, 0) is 10.8 Å². The highest BCUT2D eigenvalue weighted by molar-refractivity contribution is 5.97. The summed E-state index contributed by atoms with van der Waals surface area (Å²) in [5, 5.41) is 0. The van der Waals surface area contributed by atoms with Crippen molar-refractivity contribution in [2.24, 2.45) is 0 Å². The van der Waals surface area contributed by atoms with Crippen molar-refractivity contribution in [1.82, 2.24) is 0 Å². The molecular weight excluding hydrogens is 727 g/mol. The van der Waals surface area contributed by atoms with Gasteiger partial charge in [0.15, 0.2) is 0 Å². The molecule has 0 fully saturated rings. The minimum atomic E-state index is -0.509. The highest BCUT2D eigenvalue weighted by atomic mass is 16.5. The van der Waals surface area contributed by atoms with Crippen molar-refractivity contribution in [3.8, 4) is 56.0 Å². The molecule has 0 saturated carbocycles. The first-order chi connectivity index (χ1) is 29.5. The van der Waals surface area contributed by atoms with E-state index in [0.29, 0.717) is 0 Å². The number of para-hydroxylation sites is 4. The number of anilines is 3. The fourth-order valence-corrected chi connectivity index (χ4v) is 10.7. The molecule has 12 rings (SSSR count). The Morgan fingerprint density at radius 1 is 0.333 bits per heavy atom. The van der Waals surface area contributed by atoms with Gasteiger partial charge in [-0.2, -0.15) is 0 Å². The fourth-order valence-electron chi connectivity index (χ4n) is 10.7. The quantitative estimate of drug-likeness (QED) is 0.173. The molecule has 3 aliphatic rings. The molecule has 0 bridgehead atoms. The third-order valence-electron chi connectivity index (χ3n) is 13.4. The Kier molecular flexibility index (Phi) is 7.52. The number of hydrogen-bond acceptors (Lipinski definition) is 2. The van der Waals surface area contributed by atoms with Crippen molar-refractivity contribution in [1.29, 1.82) is 0 Å². The summed E-state index contributed by atoms with van der Waals surface area (Å²) in [7, 11) is 0. The zero-order chi connectivity index (χ0) is 40.0. The molecule has 2 nitrogen and oxygen atoms in total. The first kappa shape index (κ1) is 34.6. The van der Waals surface area contributed by atoms with E-state index >= 15 is 0 Å². The van der Waals surface area contributed by atoms with Gasteiger partial charge in [0.25, 0.3) is 0 Å². The number of hydrogen-bond donors (Lipinski definition) is 0. The molecule has 0 saturated heterocycles. The molecule has 0 radical (unpaired) electrons. The van der Waals surface area contributed by atoms with Gasteiger partial charge in [0.05, 0.1) is 16.8 Å². The summed E-state index contributed by atoms with van der Waals surface area (Å²) in [6, 6.07) is 77.8. The maximum atomic E-state index is 6.61. The van der Waals surface area contributed by atoms with Crippen LogP contribution in [0.15, 0.2) is 212 Å². The molecule has 2 aliphatic carbocycles. The van der Waals surface area contributed by atoms with E-state index in [1.807, 2.05) is 0 Å². The van der Waals surface area contributed by atoms with E-state index in [0.717, 1.165) is 34.1 Å². The van der Waals surface area contributed by atoms with Crippen LogP contribution in [0.25, 0.3) is 44.5 Å². The SMILES string of the molecule is CC1(C)c2ccccc2-c2ccc(N(c3ccccc3-c3ccccc3)c3ccccc3-c3ccc4c(c3)-c3ccccc3C43c4ccccc4Oc4ccccc43)cc21. The van der Waals surface area contributed by atoms with E-state index in [4.69, 9.17) is 4.74 Å². The van der Waals surface area contributed by atoms with Gasteiger partial charge < -0.3 is 9.64 Å². The first-order valence-electron chi connectivity index (χ1n) is 20.9. The molecule has 0 atom stereocenters. The Morgan fingerprint density at radius 2 is 0.817 bits per heavy atom. The van der Waals surface area contributed by atoms with Gasteiger partial charge >= 0.3 is 0 Å². The molecule has 0 N–H and O–H groups in total. The lowest BCUT2D eigenvalue weighted by Gasteiger charge is -2.39. The maximum Gasteiger partial charge on any atom is 0.132 e. The van der Waals surface area contributed by atoms with Crippen LogP contribution >= 0.6 is 0 Å². The van der Waals surface area contributed by atoms with Crippen molar-refractivity contribution < 1.29 is 4.74 Å². The Balaban J connectivity index is 1.09. The van der Waals surface area contributed by atoms with Crippen molar-refractivity contribution in [2.75, 3.05) is 4.90 Å². The molecule has 1 aliphatic heterocycles. The molecule has 0 unspecified atom stereocenters. The summed E-state index contributed by atoms with van der Waals surface area (Å²) in [6.45, 7) is 4.73. The zero-order valence-corrected chi connectivity index (χ0v) is 33.6. The summed E-state index contributed by atoms with van der Waals surface area (Å²) in [6.07, 6.45) is 0. The summed E-state index contributed by atoms with van der Waals surface area (Å²) in [4.78, 5) is 2.49. The van der Waals surface area contributed by atoms with Gasteiger partial charge in [-0.1, -0.05) is 184 Å². The summed E-state index contributed by atoms with van der Waals surface area (Å²) in [5.74, 6) is 1.81. The number of nitrogens with zero attached hydrogens (tertiary/aromatic N) is 1. The van der Waals surface area contributed by atoms with E-state index in [9.17, 15) is 0 Å². The van der Waals surface area contributed by atoms with E-state index in [2.05, 4.69) is 231 Å². The van der Waals surface area contributed by atoms with Crippen LogP contribution in [0.2, 0.25) is 0 Å². The van der Waals surface area contributed by atoms with E-state index in [1.165, 1.54) is 72.3 Å². The van der Waals surface area contributed by atoms with Gasteiger partial charge in [-0.3, -0.25) is 0 Å². The Hall–Kier alpha value is -7.42.